The normalized spacial score (nSPS) is 16.3. The Morgan fingerprint density at radius 2 is 1.85 bits per heavy atom. The fourth-order valence-electron chi connectivity index (χ4n) is 2.95. The molecule has 3 rings (SSSR count). The average Bonchev–Trinajstić information content (AvgIpc) is 2.62. The summed E-state index contributed by atoms with van der Waals surface area (Å²) >= 11 is 3.34. The summed E-state index contributed by atoms with van der Waals surface area (Å²) in [6.07, 6.45) is -1.77. The zero-order chi connectivity index (χ0) is 19.4. The molecule has 2 aromatic rings. The van der Waals surface area contributed by atoms with E-state index in [0.717, 1.165) is 36.6 Å². The molecule has 0 aliphatic carbocycles. The van der Waals surface area contributed by atoms with Crippen LogP contribution in [0.5, 0.6) is 0 Å². The number of hydrogen-bond donors (Lipinski definition) is 2. The Hall–Kier alpha value is -1.87. The molecule has 0 amide bonds. The largest absolute Gasteiger partial charge is 0.421 e. The minimum atomic E-state index is -4.51. The molecule has 0 atom stereocenters. The van der Waals surface area contributed by atoms with Crippen molar-refractivity contribution >= 4 is 33.4 Å². The molecular weight excluding hydrogens is 423 g/mol. The van der Waals surface area contributed by atoms with Crippen LogP contribution in [0, 0.1) is 5.92 Å². The van der Waals surface area contributed by atoms with E-state index in [1.807, 2.05) is 12.1 Å². The molecule has 5 nitrogen and oxygen atoms in total. The minimum absolute atomic E-state index is 0.121. The molecule has 1 aromatic heterocycles. The van der Waals surface area contributed by atoms with Crippen LogP contribution in [0.25, 0.3) is 0 Å². The van der Waals surface area contributed by atoms with Crippen LogP contribution in [0.1, 0.15) is 18.4 Å². The molecular formula is C18H21BrF3N5. The second-order valence-electron chi connectivity index (χ2n) is 6.71. The molecule has 0 unspecified atom stereocenters. The number of aromatic nitrogens is 2. The van der Waals surface area contributed by atoms with E-state index < -0.39 is 11.7 Å². The minimum Gasteiger partial charge on any atom is -0.369 e. The average molecular weight is 444 g/mol. The monoisotopic (exact) mass is 443 g/mol. The van der Waals surface area contributed by atoms with Crippen molar-refractivity contribution in [2.75, 3.05) is 37.3 Å². The maximum atomic E-state index is 13.3. The van der Waals surface area contributed by atoms with Gasteiger partial charge in [-0.25, -0.2) is 4.98 Å². The number of rotatable bonds is 5. The Morgan fingerprint density at radius 3 is 2.48 bits per heavy atom. The Morgan fingerprint density at radius 1 is 1.19 bits per heavy atom. The van der Waals surface area contributed by atoms with Crippen molar-refractivity contribution in [1.82, 2.24) is 14.9 Å². The van der Waals surface area contributed by atoms with Gasteiger partial charge in [0.05, 0.1) is 0 Å². The highest BCUT2D eigenvalue weighted by atomic mass is 79.9. The summed E-state index contributed by atoms with van der Waals surface area (Å²) in [6, 6.07) is 7.23. The number of hydrogen-bond acceptors (Lipinski definition) is 5. The van der Waals surface area contributed by atoms with Crippen LogP contribution in [-0.4, -0.2) is 41.5 Å². The van der Waals surface area contributed by atoms with Gasteiger partial charge in [0.15, 0.2) is 0 Å². The Kier molecular flexibility index (Phi) is 6.21. The summed E-state index contributed by atoms with van der Waals surface area (Å²) in [5.74, 6) is 0.271. The van der Waals surface area contributed by atoms with E-state index in [1.165, 1.54) is 0 Å². The lowest BCUT2D eigenvalue weighted by molar-refractivity contribution is -0.137. The lowest BCUT2D eigenvalue weighted by atomic mass is 9.97. The van der Waals surface area contributed by atoms with E-state index in [0.29, 0.717) is 18.2 Å². The molecule has 9 heteroatoms. The van der Waals surface area contributed by atoms with Gasteiger partial charge in [-0.05, 0) is 63.2 Å². The number of anilines is 3. The number of piperidine rings is 1. The van der Waals surface area contributed by atoms with Crippen LogP contribution in [0.15, 0.2) is 34.9 Å². The molecule has 1 saturated heterocycles. The summed E-state index contributed by atoms with van der Waals surface area (Å²) in [5, 5.41) is 5.84. The zero-order valence-corrected chi connectivity index (χ0v) is 16.4. The van der Waals surface area contributed by atoms with Crippen LogP contribution in [0.2, 0.25) is 0 Å². The third-order valence-electron chi connectivity index (χ3n) is 4.59. The second kappa shape index (κ2) is 8.43. The molecule has 0 radical (unpaired) electrons. The highest BCUT2D eigenvalue weighted by molar-refractivity contribution is 9.10. The van der Waals surface area contributed by atoms with E-state index in [4.69, 9.17) is 0 Å². The summed E-state index contributed by atoms with van der Waals surface area (Å²) in [6.45, 7) is 2.38. The van der Waals surface area contributed by atoms with Crippen LogP contribution in [0.3, 0.4) is 0 Å². The molecule has 1 fully saturated rings. The molecule has 1 aliphatic rings. The molecule has 27 heavy (non-hydrogen) atoms. The van der Waals surface area contributed by atoms with Crippen molar-refractivity contribution in [1.29, 1.82) is 0 Å². The van der Waals surface area contributed by atoms with Crippen molar-refractivity contribution in [3.05, 3.63) is 40.5 Å². The third-order valence-corrected chi connectivity index (χ3v) is 5.12. The van der Waals surface area contributed by atoms with Crippen LogP contribution < -0.4 is 10.6 Å². The third kappa shape index (κ3) is 5.55. The summed E-state index contributed by atoms with van der Waals surface area (Å²) in [4.78, 5) is 10.1. The standard InChI is InChI=1S/C18H21BrF3N5/c1-27-8-6-12(7-9-27)10-23-16-15(18(20,21)22)11-24-17(26-16)25-14-4-2-13(19)3-5-14/h2-5,11-12H,6-10H2,1H3,(H2,23,24,25,26). The highest BCUT2D eigenvalue weighted by Gasteiger charge is 2.35. The van der Waals surface area contributed by atoms with Gasteiger partial charge in [-0.15, -0.1) is 0 Å². The van der Waals surface area contributed by atoms with E-state index >= 15 is 0 Å². The predicted molar refractivity (Wildman–Crippen MR) is 103 cm³/mol. The molecule has 1 aliphatic heterocycles. The summed E-state index contributed by atoms with van der Waals surface area (Å²) in [7, 11) is 2.05. The van der Waals surface area contributed by atoms with Gasteiger partial charge in [-0.1, -0.05) is 15.9 Å². The van der Waals surface area contributed by atoms with Gasteiger partial charge in [0.25, 0.3) is 0 Å². The van der Waals surface area contributed by atoms with Gasteiger partial charge in [0, 0.05) is 22.9 Å². The number of halogens is 4. The summed E-state index contributed by atoms with van der Waals surface area (Å²) in [5.41, 5.74) is -0.156. The van der Waals surface area contributed by atoms with Crippen LogP contribution >= 0.6 is 15.9 Å². The Bertz CT molecular complexity index is 759. The van der Waals surface area contributed by atoms with E-state index in [-0.39, 0.29) is 11.8 Å². The first kappa shape index (κ1) is 19.9. The van der Waals surface area contributed by atoms with Crippen molar-refractivity contribution < 1.29 is 13.2 Å². The molecule has 2 N–H and O–H groups in total. The Balaban J connectivity index is 1.75. The van der Waals surface area contributed by atoms with Gasteiger partial charge >= 0.3 is 6.18 Å². The zero-order valence-electron chi connectivity index (χ0n) is 14.9. The highest BCUT2D eigenvalue weighted by Crippen LogP contribution is 2.34. The predicted octanol–water partition coefficient (Wildman–Crippen LogP) is 4.76. The van der Waals surface area contributed by atoms with Crippen molar-refractivity contribution in [3.8, 4) is 0 Å². The van der Waals surface area contributed by atoms with Gasteiger partial charge in [0.2, 0.25) is 5.95 Å². The summed E-state index contributed by atoms with van der Waals surface area (Å²) < 4.78 is 40.9. The molecule has 146 valence electrons. The van der Waals surface area contributed by atoms with Crippen molar-refractivity contribution in [2.45, 2.75) is 19.0 Å². The van der Waals surface area contributed by atoms with Crippen molar-refractivity contribution in [2.24, 2.45) is 5.92 Å². The molecule has 0 saturated carbocycles. The molecule has 0 spiro atoms. The molecule has 2 heterocycles. The molecule has 1 aromatic carbocycles. The smallest absolute Gasteiger partial charge is 0.369 e. The molecule has 0 bridgehead atoms. The SMILES string of the molecule is CN1CCC(CNc2nc(Nc3ccc(Br)cc3)ncc2C(F)(F)F)CC1. The number of nitrogens with one attached hydrogen (secondary N) is 2. The van der Waals surface area contributed by atoms with Crippen molar-refractivity contribution in [3.63, 3.8) is 0 Å². The topological polar surface area (TPSA) is 53.1 Å². The number of likely N-dealkylation sites (tertiary alicyclic amines) is 1. The van der Waals surface area contributed by atoms with Gasteiger partial charge in [-0.3, -0.25) is 0 Å². The van der Waals surface area contributed by atoms with E-state index in [1.54, 1.807) is 12.1 Å². The maximum absolute atomic E-state index is 13.3. The van der Waals surface area contributed by atoms with Gasteiger partial charge in [0.1, 0.15) is 11.4 Å². The lowest BCUT2D eigenvalue weighted by Crippen LogP contribution is -2.33. The maximum Gasteiger partial charge on any atom is 0.421 e. The number of alkyl halides is 3. The number of benzene rings is 1. The fraction of sp³-hybridized carbons (Fsp3) is 0.444. The Labute approximate surface area is 164 Å². The van der Waals surface area contributed by atoms with E-state index in [2.05, 4.69) is 48.5 Å². The second-order valence-corrected chi connectivity index (χ2v) is 7.63. The first-order valence-corrected chi connectivity index (χ1v) is 9.50. The van der Waals surface area contributed by atoms with Crippen LogP contribution in [0.4, 0.5) is 30.6 Å². The first-order chi connectivity index (χ1) is 12.8. The van der Waals surface area contributed by atoms with Gasteiger partial charge < -0.3 is 15.5 Å². The van der Waals surface area contributed by atoms with Crippen LogP contribution in [-0.2, 0) is 6.18 Å². The first-order valence-electron chi connectivity index (χ1n) is 8.70. The number of nitrogens with zero attached hydrogens (tertiary/aromatic N) is 3. The lowest BCUT2D eigenvalue weighted by Gasteiger charge is -2.29. The quantitative estimate of drug-likeness (QED) is 0.697. The van der Waals surface area contributed by atoms with Gasteiger partial charge in [-0.2, -0.15) is 18.2 Å². The fourth-order valence-corrected chi connectivity index (χ4v) is 3.22. The van der Waals surface area contributed by atoms with E-state index in [9.17, 15) is 13.2 Å².